The highest BCUT2D eigenvalue weighted by Crippen LogP contribution is 2.31. The number of nitrogens with zero attached hydrogens (tertiary/aromatic N) is 1. The summed E-state index contributed by atoms with van der Waals surface area (Å²) in [7, 11) is 0. The van der Waals surface area contributed by atoms with Crippen LogP contribution in [0.2, 0.25) is 5.02 Å². The molecule has 2 aromatic rings. The molecule has 3 rings (SSSR count). The molecule has 5 heteroatoms. The van der Waals surface area contributed by atoms with E-state index in [2.05, 4.69) is 0 Å². The fourth-order valence-corrected chi connectivity index (χ4v) is 2.93. The molecular formula is C17H15ClFNO2. The highest BCUT2D eigenvalue weighted by molar-refractivity contribution is 6.32. The SMILES string of the molecule is Cc1cccc2c1N(C(=O)COc1ccc(F)cc1Cl)CC2. The van der Waals surface area contributed by atoms with Gasteiger partial charge in [-0.05, 0) is 42.7 Å². The number of hydrogen-bond donors (Lipinski definition) is 0. The van der Waals surface area contributed by atoms with Crippen LogP contribution in [0.15, 0.2) is 36.4 Å². The number of fused-ring (bicyclic) bond motifs is 1. The zero-order valence-corrected chi connectivity index (χ0v) is 12.9. The summed E-state index contributed by atoms with van der Waals surface area (Å²) in [4.78, 5) is 14.1. The second-order valence-corrected chi connectivity index (χ2v) is 5.65. The number of benzene rings is 2. The molecule has 114 valence electrons. The smallest absolute Gasteiger partial charge is 0.264 e. The van der Waals surface area contributed by atoms with Gasteiger partial charge in [0.05, 0.1) is 5.02 Å². The van der Waals surface area contributed by atoms with E-state index in [9.17, 15) is 9.18 Å². The maximum atomic E-state index is 13.0. The van der Waals surface area contributed by atoms with Crippen molar-refractivity contribution in [2.45, 2.75) is 13.3 Å². The van der Waals surface area contributed by atoms with Gasteiger partial charge in [0.15, 0.2) is 6.61 Å². The summed E-state index contributed by atoms with van der Waals surface area (Å²) >= 11 is 5.89. The summed E-state index contributed by atoms with van der Waals surface area (Å²) in [5, 5.41) is 0.158. The van der Waals surface area contributed by atoms with Gasteiger partial charge in [0.25, 0.3) is 5.91 Å². The molecule has 0 saturated heterocycles. The average Bonchev–Trinajstić information content (AvgIpc) is 2.91. The highest BCUT2D eigenvalue weighted by Gasteiger charge is 2.26. The summed E-state index contributed by atoms with van der Waals surface area (Å²) in [6.07, 6.45) is 0.847. The summed E-state index contributed by atoms with van der Waals surface area (Å²) in [5.41, 5.74) is 3.22. The molecule has 0 spiro atoms. The van der Waals surface area contributed by atoms with E-state index in [0.29, 0.717) is 12.3 Å². The zero-order valence-electron chi connectivity index (χ0n) is 12.1. The van der Waals surface area contributed by atoms with Gasteiger partial charge in [-0.25, -0.2) is 4.39 Å². The second kappa shape index (κ2) is 5.97. The second-order valence-electron chi connectivity index (χ2n) is 5.24. The molecular weight excluding hydrogens is 305 g/mol. The fraction of sp³-hybridized carbons (Fsp3) is 0.235. The molecule has 0 N–H and O–H groups in total. The van der Waals surface area contributed by atoms with Crippen LogP contribution in [0.5, 0.6) is 5.75 Å². The lowest BCUT2D eigenvalue weighted by Crippen LogP contribution is -2.33. The fourth-order valence-electron chi connectivity index (χ4n) is 2.71. The minimum atomic E-state index is -0.437. The van der Waals surface area contributed by atoms with Crippen LogP contribution < -0.4 is 9.64 Å². The number of carbonyl (C=O) groups is 1. The van der Waals surface area contributed by atoms with E-state index >= 15 is 0 Å². The maximum absolute atomic E-state index is 13.0. The van der Waals surface area contributed by atoms with E-state index in [1.807, 2.05) is 25.1 Å². The molecule has 0 aromatic heterocycles. The van der Waals surface area contributed by atoms with Crippen molar-refractivity contribution >= 4 is 23.2 Å². The van der Waals surface area contributed by atoms with E-state index in [1.165, 1.54) is 17.7 Å². The van der Waals surface area contributed by atoms with Crippen molar-refractivity contribution in [3.8, 4) is 5.75 Å². The number of amides is 1. The lowest BCUT2D eigenvalue weighted by Gasteiger charge is -2.19. The molecule has 1 aliphatic heterocycles. The number of para-hydroxylation sites is 1. The number of carbonyl (C=O) groups excluding carboxylic acids is 1. The van der Waals surface area contributed by atoms with E-state index < -0.39 is 5.82 Å². The summed E-state index contributed by atoms with van der Waals surface area (Å²) in [6.45, 7) is 2.51. The van der Waals surface area contributed by atoms with Crippen molar-refractivity contribution in [3.63, 3.8) is 0 Å². The van der Waals surface area contributed by atoms with Gasteiger partial charge < -0.3 is 9.64 Å². The Hall–Kier alpha value is -2.07. The first kappa shape index (κ1) is 14.9. The van der Waals surface area contributed by atoms with E-state index in [-0.39, 0.29) is 17.5 Å². The summed E-state index contributed by atoms with van der Waals surface area (Å²) < 4.78 is 18.4. The summed E-state index contributed by atoms with van der Waals surface area (Å²) in [6, 6.07) is 9.86. The Balaban J connectivity index is 1.72. The lowest BCUT2D eigenvalue weighted by molar-refractivity contribution is -0.120. The van der Waals surface area contributed by atoms with Gasteiger partial charge in [-0.15, -0.1) is 0 Å². The van der Waals surface area contributed by atoms with Crippen molar-refractivity contribution < 1.29 is 13.9 Å². The third-order valence-electron chi connectivity index (χ3n) is 3.74. The number of aryl methyl sites for hydroxylation is 1. The third kappa shape index (κ3) is 2.79. The molecule has 1 amide bonds. The van der Waals surface area contributed by atoms with Gasteiger partial charge in [-0.1, -0.05) is 29.8 Å². The van der Waals surface area contributed by atoms with Gasteiger partial charge in [0, 0.05) is 12.2 Å². The van der Waals surface area contributed by atoms with Gasteiger partial charge in [-0.2, -0.15) is 0 Å². The first-order chi connectivity index (χ1) is 10.6. The highest BCUT2D eigenvalue weighted by atomic mass is 35.5. The van der Waals surface area contributed by atoms with Crippen molar-refractivity contribution in [3.05, 3.63) is 58.4 Å². The van der Waals surface area contributed by atoms with Crippen LogP contribution in [0.25, 0.3) is 0 Å². The Labute approximate surface area is 133 Å². The van der Waals surface area contributed by atoms with Crippen molar-refractivity contribution in [1.82, 2.24) is 0 Å². The maximum Gasteiger partial charge on any atom is 0.264 e. The molecule has 0 radical (unpaired) electrons. The van der Waals surface area contributed by atoms with E-state index in [4.69, 9.17) is 16.3 Å². The number of anilines is 1. The Kier molecular flexibility index (Phi) is 4.03. The first-order valence-electron chi connectivity index (χ1n) is 7.03. The molecule has 2 aromatic carbocycles. The van der Waals surface area contributed by atoms with Gasteiger partial charge >= 0.3 is 0 Å². The molecule has 0 unspecified atom stereocenters. The van der Waals surface area contributed by atoms with Crippen molar-refractivity contribution in [2.24, 2.45) is 0 Å². The standard InChI is InChI=1S/C17H15ClFNO2/c1-11-3-2-4-12-7-8-20(17(11)12)16(21)10-22-15-6-5-13(19)9-14(15)18/h2-6,9H,7-8,10H2,1H3. The first-order valence-corrected chi connectivity index (χ1v) is 7.41. The Morgan fingerprint density at radius 3 is 2.95 bits per heavy atom. The number of hydrogen-bond acceptors (Lipinski definition) is 2. The molecule has 0 bridgehead atoms. The van der Waals surface area contributed by atoms with Crippen LogP contribution in [0.1, 0.15) is 11.1 Å². The van der Waals surface area contributed by atoms with Crippen LogP contribution in [-0.4, -0.2) is 19.1 Å². The van der Waals surface area contributed by atoms with Gasteiger partial charge in [0.1, 0.15) is 11.6 Å². The third-order valence-corrected chi connectivity index (χ3v) is 4.04. The molecule has 0 saturated carbocycles. The Morgan fingerprint density at radius 1 is 1.36 bits per heavy atom. The van der Waals surface area contributed by atoms with Crippen LogP contribution in [0.3, 0.4) is 0 Å². The lowest BCUT2D eigenvalue weighted by atomic mass is 10.1. The van der Waals surface area contributed by atoms with Crippen LogP contribution in [0, 0.1) is 12.7 Å². The molecule has 22 heavy (non-hydrogen) atoms. The summed E-state index contributed by atoms with van der Waals surface area (Å²) in [5.74, 6) is -0.262. The predicted octanol–water partition coefficient (Wildman–Crippen LogP) is 3.76. The van der Waals surface area contributed by atoms with E-state index in [1.54, 1.807) is 4.90 Å². The Bertz CT molecular complexity index is 733. The van der Waals surface area contributed by atoms with Crippen LogP contribution in [0.4, 0.5) is 10.1 Å². The topological polar surface area (TPSA) is 29.5 Å². The predicted molar refractivity (Wildman–Crippen MR) is 84.1 cm³/mol. The molecule has 0 aliphatic carbocycles. The van der Waals surface area contributed by atoms with Gasteiger partial charge in [0.2, 0.25) is 0 Å². The minimum Gasteiger partial charge on any atom is -0.482 e. The zero-order chi connectivity index (χ0) is 15.7. The molecule has 0 fully saturated rings. The minimum absolute atomic E-state index is 0.126. The number of ether oxygens (including phenoxy) is 1. The van der Waals surface area contributed by atoms with Crippen molar-refractivity contribution in [1.29, 1.82) is 0 Å². The van der Waals surface area contributed by atoms with Gasteiger partial charge in [-0.3, -0.25) is 4.79 Å². The monoisotopic (exact) mass is 319 g/mol. The molecule has 1 aliphatic rings. The average molecular weight is 320 g/mol. The molecule has 1 heterocycles. The largest absolute Gasteiger partial charge is 0.482 e. The van der Waals surface area contributed by atoms with E-state index in [0.717, 1.165) is 23.7 Å². The van der Waals surface area contributed by atoms with Crippen LogP contribution >= 0.6 is 11.6 Å². The molecule has 3 nitrogen and oxygen atoms in total. The number of halogens is 2. The normalized spacial score (nSPS) is 13.1. The van der Waals surface area contributed by atoms with Crippen LogP contribution in [-0.2, 0) is 11.2 Å². The quantitative estimate of drug-likeness (QED) is 0.862. The molecule has 0 atom stereocenters. The number of rotatable bonds is 3. The Morgan fingerprint density at radius 2 is 2.18 bits per heavy atom. The van der Waals surface area contributed by atoms with Crippen molar-refractivity contribution in [2.75, 3.05) is 18.1 Å².